The van der Waals surface area contributed by atoms with Crippen molar-refractivity contribution < 1.29 is 18.9 Å². The first-order chi connectivity index (χ1) is 13.3. The van der Waals surface area contributed by atoms with E-state index in [0.29, 0.717) is 12.6 Å². The Kier molecular flexibility index (Phi) is 9.79. The van der Waals surface area contributed by atoms with Crippen molar-refractivity contribution in [2.75, 3.05) is 47.1 Å². The van der Waals surface area contributed by atoms with Crippen molar-refractivity contribution in [1.29, 1.82) is 0 Å². The van der Waals surface area contributed by atoms with Crippen LogP contribution in [0.5, 0.6) is 11.5 Å². The van der Waals surface area contributed by atoms with Crippen LogP contribution in [-0.4, -0.2) is 59.2 Å². The number of nitrogens with one attached hydrogen (secondary N) is 2. The largest absolute Gasteiger partial charge is 0.497 e. The van der Waals surface area contributed by atoms with Gasteiger partial charge in [-0.3, -0.25) is 0 Å². The number of nitrogens with zero attached hydrogens (tertiary/aromatic N) is 1. The quantitative estimate of drug-likeness (QED) is 0.369. The van der Waals surface area contributed by atoms with Crippen molar-refractivity contribution in [2.45, 2.75) is 38.8 Å². The summed E-state index contributed by atoms with van der Waals surface area (Å²) in [6.07, 6.45) is 3.29. The van der Waals surface area contributed by atoms with Gasteiger partial charge in [-0.1, -0.05) is 0 Å². The normalized spacial score (nSPS) is 15.4. The summed E-state index contributed by atoms with van der Waals surface area (Å²) in [5, 5.41) is 6.63. The summed E-state index contributed by atoms with van der Waals surface area (Å²) in [6, 6.07) is 5.77. The van der Waals surface area contributed by atoms with Gasteiger partial charge in [0, 0.05) is 44.5 Å². The Morgan fingerprint density at radius 3 is 2.70 bits per heavy atom. The number of rotatable bonds is 10. The van der Waals surface area contributed by atoms with Crippen LogP contribution in [0.1, 0.15) is 31.7 Å². The van der Waals surface area contributed by atoms with E-state index in [-0.39, 0.29) is 0 Å². The van der Waals surface area contributed by atoms with E-state index >= 15 is 0 Å². The third-order valence-corrected chi connectivity index (χ3v) is 4.38. The molecular weight excluding hydrogens is 346 g/mol. The van der Waals surface area contributed by atoms with E-state index in [9.17, 15) is 0 Å². The van der Waals surface area contributed by atoms with Gasteiger partial charge in [-0.25, -0.2) is 4.99 Å². The molecule has 1 aromatic rings. The molecule has 0 aliphatic carbocycles. The highest BCUT2D eigenvalue weighted by Crippen LogP contribution is 2.25. The maximum absolute atomic E-state index is 5.90. The molecule has 0 bridgehead atoms. The molecule has 0 atom stereocenters. The van der Waals surface area contributed by atoms with E-state index in [1.165, 1.54) is 0 Å². The zero-order valence-corrected chi connectivity index (χ0v) is 16.8. The van der Waals surface area contributed by atoms with Crippen LogP contribution in [0.4, 0.5) is 0 Å². The van der Waals surface area contributed by atoms with Gasteiger partial charge in [-0.2, -0.15) is 0 Å². The smallest absolute Gasteiger partial charge is 0.191 e. The number of hydrogen-bond acceptors (Lipinski definition) is 5. The minimum absolute atomic E-state index is 0.350. The predicted octanol–water partition coefficient (Wildman–Crippen LogP) is 2.34. The number of hydrogen-bond donors (Lipinski definition) is 2. The van der Waals surface area contributed by atoms with E-state index in [1.807, 2.05) is 18.2 Å². The molecule has 1 heterocycles. The molecule has 0 spiro atoms. The summed E-state index contributed by atoms with van der Waals surface area (Å²) in [6.45, 7) is 6.59. The highest BCUT2D eigenvalue weighted by molar-refractivity contribution is 5.79. The Labute approximate surface area is 162 Å². The molecule has 0 saturated carbocycles. The maximum Gasteiger partial charge on any atom is 0.191 e. The van der Waals surface area contributed by atoms with Crippen molar-refractivity contribution in [1.82, 2.24) is 10.6 Å². The third-order valence-electron chi connectivity index (χ3n) is 4.38. The SMILES string of the molecule is CCNC(=NCc1ccc(OC)cc1OC)NCCCOC1CCOCC1. The van der Waals surface area contributed by atoms with Gasteiger partial charge in [-0.05, 0) is 38.3 Å². The van der Waals surface area contributed by atoms with Crippen molar-refractivity contribution >= 4 is 5.96 Å². The molecule has 2 rings (SSSR count). The van der Waals surface area contributed by atoms with Crippen LogP contribution < -0.4 is 20.1 Å². The molecule has 1 saturated heterocycles. The van der Waals surface area contributed by atoms with Crippen LogP contribution in [-0.2, 0) is 16.0 Å². The lowest BCUT2D eigenvalue weighted by Crippen LogP contribution is -2.38. The Balaban J connectivity index is 1.77. The van der Waals surface area contributed by atoms with Crippen molar-refractivity contribution in [3.05, 3.63) is 23.8 Å². The van der Waals surface area contributed by atoms with E-state index in [0.717, 1.165) is 75.2 Å². The van der Waals surface area contributed by atoms with Gasteiger partial charge < -0.3 is 29.6 Å². The Morgan fingerprint density at radius 2 is 2.00 bits per heavy atom. The minimum atomic E-state index is 0.350. The molecule has 1 aliphatic rings. The molecule has 7 heteroatoms. The second-order valence-electron chi connectivity index (χ2n) is 6.34. The molecule has 7 nitrogen and oxygen atoms in total. The molecule has 0 aromatic heterocycles. The zero-order chi connectivity index (χ0) is 19.3. The van der Waals surface area contributed by atoms with Gasteiger partial charge in [0.15, 0.2) is 5.96 Å². The molecule has 0 radical (unpaired) electrons. The fourth-order valence-corrected chi connectivity index (χ4v) is 2.86. The van der Waals surface area contributed by atoms with Gasteiger partial charge in [-0.15, -0.1) is 0 Å². The summed E-state index contributed by atoms with van der Waals surface area (Å²) in [4.78, 5) is 4.65. The number of guanidine groups is 1. The standard InChI is InChI=1S/C20H33N3O4/c1-4-21-20(22-10-5-11-27-17-8-12-26-13-9-17)23-15-16-6-7-18(24-2)14-19(16)25-3/h6-7,14,17H,4-5,8-13,15H2,1-3H3,(H2,21,22,23). The molecule has 1 aromatic carbocycles. The highest BCUT2D eigenvalue weighted by atomic mass is 16.5. The average Bonchev–Trinajstić information content (AvgIpc) is 2.72. The van der Waals surface area contributed by atoms with Crippen LogP contribution in [0.3, 0.4) is 0 Å². The monoisotopic (exact) mass is 379 g/mol. The molecule has 152 valence electrons. The molecule has 27 heavy (non-hydrogen) atoms. The summed E-state index contributed by atoms with van der Waals surface area (Å²) in [7, 11) is 3.30. The number of aliphatic imine (C=N–C) groups is 1. The van der Waals surface area contributed by atoms with Gasteiger partial charge in [0.2, 0.25) is 0 Å². The Morgan fingerprint density at radius 1 is 1.19 bits per heavy atom. The number of benzene rings is 1. The predicted molar refractivity (Wildman–Crippen MR) is 107 cm³/mol. The van der Waals surface area contributed by atoms with Crippen LogP contribution in [0.15, 0.2) is 23.2 Å². The average molecular weight is 380 g/mol. The lowest BCUT2D eigenvalue weighted by Gasteiger charge is -2.22. The van der Waals surface area contributed by atoms with Crippen LogP contribution in [0.25, 0.3) is 0 Å². The highest BCUT2D eigenvalue weighted by Gasteiger charge is 2.13. The molecule has 2 N–H and O–H groups in total. The Hall–Kier alpha value is -1.99. The number of methoxy groups -OCH3 is 2. The van der Waals surface area contributed by atoms with Crippen LogP contribution in [0.2, 0.25) is 0 Å². The lowest BCUT2D eigenvalue weighted by atomic mass is 10.1. The van der Waals surface area contributed by atoms with Crippen molar-refractivity contribution in [2.24, 2.45) is 4.99 Å². The van der Waals surface area contributed by atoms with E-state index in [4.69, 9.17) is 18.9 Å². The first-order valence-electron chi connectivity index (χ1n) is 9.69. The second-order valence-corrected chi connectivity index (χ2v) is 6.34. The van der Waals surface area contributed by atoms with Crippen molar-refractivity contribution in [3.63, 3.8) is 0 Å². The second kappa shape index (κ2) is 12.4. The first kappa shape index (κ1) is 21.3. The van der Waals surface area contributed by atoms with Crippen LogP contribution >= 0.6 is 0 Å². The van der Waals surface area contributed by atoms with Crippen LogP contribution in [0, 0.1) is 0 Å². The minimum Gasteiger partial charge on any atom is -0.497 e. The van der Waals surface area contributed by atoms with E-state index in [2.05, 4.69) is 22.5 Å². The topological polar surface area (TPSA) is 73.3 Å². The third kappa shape index (κ3) is 7.64. The van der Waals surface area contributed by atoms with Gasteiger partial charge in [0.1, 0.15) is 11.5 Å². The van der Waals surface area contributed by atoms with Crippen molar-refractivity contribution in [3.8, 4) is 11.5 Å². The molecule has 0 amide bonds. The first-order valence-corrected chi connectivity index (χ1v) is 9.69. The maximum atomic E-state index is 5.90. The van der Waals surface area contributed by atoms with Gasteiger partial charge >= 0.3 is 0 Å². The van der Waals surface area contributed by atoms with Gasteiger partial charge in [0.05, 0.1) is 26.9 Å². The summed E-state index contributed by atoms with van der Waals surface area (Å²) in [5.74, 6) is 2.34. The molecular formula is C20H33N3O4. The van der Waals surface area contributed by atoms with E-state index in [1.54, 1.807) is 14.2 Å². The summed E-state index contributed by atoms with van der Waals surface area (Å²) < 4.78 is 21.9. The molecule has 1 fully saturated rings. The van der Waals surface area contributed by atoms with Gasteiger partial charge in [0.25, 0.3) is 0 Å². The number of ether oxygens (including phenoxy) is 4. The zero-order valence-electron chi connectivity index (χ0n) is 16.8. The lowest BCUT2D eigenvalue weighted by molar-refractivity contribution is -0.0320. The summed E-state index contributed by atoms with van der Waals surface area (Å²) >= 11 is 0. The molecule has 1 aliphatic heterocycles. The fraction of sp³-hybridized carbons (Fsp3) is 0.650. The van der Waals surface area contributed by atoms with E-state index < -0.39 is 0 Å². The molecule has 0 unspecified atom stereocenters. The Bertz CT molecular complexity index is 574. The summed E-state index contributed by atoms with van der Waals surface area (Å²) in [5.41, 5.74) is 1.01. The fourth-order valence-electron chi connectivity index (χ4n) is 2.86.